The number of nitrogens with zero attached hydrogens (tertiary/aromatic N) is 4. The van der Waals surface area contributed by atoms with Crippen molar-refractivity contribution in [3.63, 3.8) is 0 Å². The van der Waals surface area contributed by atoms with Crippen LogP contribution in [0.5, 0.6) is 0 Å². The molecule has 0 radical (unpaired) electrons. The van der Waals surface area contributed by atoms with Crippen LogP contribution < -0.4 is 21.8 Å². The first-order valence-electron chi connectivity index (χ1n) is 15.8. The molecule has 6 rings (SSSR count). The van der Waals surface area contributed by atoms with E-state index in [1.807, 2.05) is 0 Å². The Balaban J connectivity index is 0.000000188. The quantitative estimate of drug-likeness (QED) is 0.155. The summed E-state index contributed by atoms with van der Waals surface area (Å²) in [4.78, 5) is 33.6. The minimum absolute atomic E-state index is 0.125. The summed E-state index contributed by atoms with van der Waals surface area (Å²) in [5.41, 5.74) is 0.606. The van der Waals surface area contributed by atoms with E-state index in [0.29, 0.717) is 53.6 Å². The molecule has 2 saturated heterocycles. The maximum absolute atomic E-state index is 12.6. The zero-order valence-corrected chi connectivity index (χ0v) is 30.6. The van der Waals surface area contributed by atoms with Gasteiger partial charge in [-0.3, -0.25) is 18.7 Å². The Kier molecular flexibility index (Phi) is 13.1. The lowest BCUT2D eigenvalue weighted by molar-refractivity contribution is 0.0539. The summed E-state index contributed by atoms with van der Waals surface area (Å²) in [7, 11) is 0. The maximum Gasteiger partial charge on any atom is 0.261 e. The number of benzene rings is 2. The second kappa shape index (κ2) is 16.8. The van der Waals surface area contributed by atoms with Crippen LogP contribution in [0.2, 0.25) is 10.0 Å². The Morgan fingerprint density at radius 3 is 1.52 bits per heavy atom. The molecule has 0 amide bonds. The molecular formula is C32H38Br2Cl2N6O6. The second-order valence-corrected chi connectivity index (χ2v) is 14.8. The molecule has 260 valence electrons. The van der Waals surface area contributed by atoms with Crippen molar-refractivity contribution in [2.45, 2.75) is 88.1 Å². The van der Waals surface area contributed by atoms with Crippen LogP contribution in [0.15, 0.2) is 55.5 Å². The first kappa shape index (κ1) is 37.3. The van der Waals surface area contributed by atoms with Crippen molar-refractivity contribution in [3.8, 4) is 0 Å². The van der Waals surface area contributed by atoms with Crippen molar-refractivity contribution in [1.82, 2.24) is 29.7 Å². The molecule has 6 atom stereocenters. The van der Waals surface area contributed by atoms with E-state index < -0.39 is 24.4 Å². The third-order valence-corrected chi connectivity index (χ3v) is 11.1. The third kappa shape index (κ3) is 9.22. The van der Waals surface area contributed by atoms with Crippen LogP contribution in [0.4, 0.5) is 0 Å². The summed E-state index contributed by atoms with van der Waals surface area (Å²) >= 11 is 18.7. The predicted molar refractivity (Wildman–Crippen MR) is 193 cm³/mol. The lowest BCUT2D eigenvalue weighted by atomic mass is 9.96. The molecule has 0 spiro atoms. The molecular weight excluding hydrogens is 795 g/mol. The summed E-state index contributed by atoms with van der Waals surface area (Å²) in [6, 6.07) is 6.24. The van der Waals surface area contributed by atoms with Gasteiger partial charge in [-0.25, -0.2) is 9.97 Å². The van der Waals surface area contributed by atoms with Crippen LogP contribution in [0.25, 0.3) is 21.8 Å². The fourth-order valence-corrected chi connectivity index (χ4v) is 7.10. The fourth-order valence-electron chi connectivity index (χ4n) is 6.11. The van der Waals surface area contributed by atoms with Gasteiger partial charge in [-0.1, -0.05) is 23.2 Å². The van der Waals surface area contributed by atoms with Crippen LogP contribution in [0.1, 0.15) is 38.5 Å². The summed E-state index contributed by atoms with van der Waals surface area (Å²) < 4.78 is 4.12. The van der Waals surface area contributed by atoms with Gasteiger partial charge >= 0.3 is 0 Å². The number of aliphatic hydroxyl groups is 4. The lowest BCUT2D eigenvalue weighted by Crippen LogP contribution is -2.47. The van der Waals surface area contributed by atoms with E-state index in [1.54, 1.807) is 24.3 Å². The van der Waals surface area contributed by atoms with E-state index in [0.717, 1.165) is 38.8 Å². The highest BCUT2D eigenvalue weighted by atomic mass is 79.9. The molecule has 0 bridgehead atoms. The summed E-state index contributed by atoms with van der Waals surface area (Å²) in [6.07, 6.45) is 4.52. The minimum Gasteiger partial charge on any atom is -0.392 e. The molecule has 2 aromatic heterocycles. The SMILES string of the molecule is O=c1c2cc(Cl)c(Br)cc2ncn1C[C@@H](O)C[C@H]1NCCC[C@@H]1O.O=c1c2cc(Cl)c(Br)cc2ncn1C[C@H](O)C[C@H]1NCCC[C@@H]1O. The Bertz CT molecular complexity index is 1730. The van der Waals surface area contributed by atoms with Crippen LogP contribution in [0.3, 0.4) is 0 Å². The van der Waals surface area contributed by atoms with Gasteiger partial charge in [-0.05, 0) is 108 Å². The zero-order valence-electron chi connectivity index (χ0n) is 25.9. The summed E-state index contributed by atoms with van der Waals surface area (Å²) in [5.74, 6) is 0. The molecule has 0 aliphatic carbocycles. The smallest absolute Gasteiger partial charge is 0.261 e. The van der Waals surface area contributed by atoms with Crippen molar-refractivity contribution in [2.24, 2.45) is 0 Å². The Morgan fingerprint density at radius 1 is 0.750 bits per heavy atom. The van der Waals surface area contributed by atoms with Gasteiger partial charge in [0.05, 0.1) is 82.0 Å². The molecule has 4 aromatic rings. The van der Waals surface area contributed by atoms with Crippen molar-refractivity contribution in [3.05, 3.63) is 76.6 Å². The fraction of sp³-hybridized carbons (Fsp3) is 0.500. The van der Waals surface area contributed by atoms with Crippen molar-refractivity contribution in [1.29, 1.82) is 0 Å². The maximum atomic E-state index is 12.6. The number of fused-ring (bicyclic) bond motifs is 2. The lowest BCUT2D eigenvalue weighted by Gasteiger charge is -2.30. The van der Waals surface area contributed by atoms with Crippen molar-refractivity contribution >= 4 is 76.9 Å². The molecule has 2 fully saturated rings. The number of halogens is 4. The van der Waals surface area contributed by atoms with E-state index in [-0.39, 0.29) is 36.3 Å². The normalized spacial score (nSPS) is 22.7. The number of aliphatic hydroxyl groups excluding tert-OH is 4. The largest absolute Gasteiger partial charge is 0.392 e. The molecule has 0 unspecified atom stereocenters. The summed E-state index contributed by atoms with van der Waals surface area (Å²) in [6.45, 7) is 1.92. The number of hydrogen-bond acceptors (Lipinski definition) is 10. The Morgan fingerprint density at radius 2 is 1.15 bits per heavy atom. The van der Waals surface area contributed by atoms with E-state index in [4.69, 9.17) is 23.2 Å². The van der Waals surface area contributed by atoms with Crippen LogP contribution >= 0.6 is 55.1 Å². The van der Waals surface area contributed by atoms with E-state index in [2.05, 4.69) is 52.5 Å². The number of hydrogen-bond donors (Lipinski definition) is 6. The average molecular weight is 833 g/mol. The molecule has 2 aliphatic heterocycles. The highest BCUT2D eigenvalue weighted by Crippen LogP contribution is 2.27. The van der Waals surface area contributed by atoms with Gasteiger partial charge in [-0.2, -0.15) is 0 Å². The zero-order chi connectivity index (χ0) is 34.5. The van der Waals surface area contributed by atoms with Crippen LogP contribution in [-0.2, 0) is 13.1 Å². The first-order valence-corrected chi connectivity index (χ1v) is 18.1. The van der Waals surface area contributed by atoms with Crippen molar-refractivity contribution in [2.75, 3.05) is 13.1 Å². The number of nitrogens with one attached hydrogen (secondary N) is 2. The van der Waals surface area contributed by atoms with Gasteiger partial charge in [0, 0.05) is 21.0 Å². The molecule has 2 aliphatic rings. The van der Waals surface area contributed by atoms with Gasteiger partial charge < -0.3 is 31.1 Å². The minimum atomic E-state index is -0.752. The van der Waals surface area contributed by atoms with Gasteiger partial charge in [0.1, 0.15) is 0 Å². The van der Waals surface area contributed by atoms with E-state index in [1.165, 1.54) is 21.8 Å². The topological polar surface area (TPSA) is 175 Å². The molecule has 12 nitrogen and oxygen atoms in total. The predicted octanol–water partition coefficient (Wildman–Crippen LogP) is 3.35. The van der Waals surface area contributed by atoms with Crippen molar-refractivity contribution < 1.29 is 20.4 Å². The highest BCUT2D eigenvalue weighted by Gasteiger charge is 2.26. The Labute approximate surface area is 303 Å². The molecule has 6 N–H and O–H groups in total. The van der Waals surface area contributed by atoms with Gasteiger partial charge in [0.25, 0.3) is 11.1 Å². The van der Waals surface area contributed by atoms with Crippen LogP contribution in [-0.4, -0.2) is 89.1 Å². The van der Waals surface area contributed by atoms with Gasteiger partial charge in [-0.15, -0.1) is 0 Å². The Hall–Kier alpha value is -1.98. The summed E-state index contributed by atoms with van der Waals surface area (Å²) in [5, 5.41) is 48.6. The van der Waals surface area contributed by atoms with Gasteiger partial charge in [0.15, 0.2) is 0 Å². The second-order valence-electron chi connectivity index (χ2n) is 12.3. The molecule has 48 heavy (non-hydrogen) atoms. The van der Waals surface area contributed by atoms with Gasteiger partial charge in [0.2, 0.25) is 0 Å². The third-order valence-electron chi connectivity index (χ3n) is 8.69. The molecule has 4 heterocycles. The van der Waals surface area contributed by atoms with E-state index >= 15 is 0 Å². The standard InChI is InChI=1S/2C16H19BrClN3O3/c2*17-11-6-13-10(5-12(11)18)16(24)21(8-20-13)7-9(22)4-14-15(23)2-1-3-19-14/h2*5-6,8-9,14-15,19,22-23H,1-4,7H2/t9-,14+,15-;9-,14-,15+/m01/s1. The monoisotopic (exact) mass is 830 g/mol. The molecule has 0 saturated carbocycles. The molecule has 2 aromatic carbocycles. The average Bonchev–Trinajstić information content (AvgIpc) is 3.05. The number of rotatable bonds is 8. The highest BCUT2D eigenvalue weighted by molar-refractivity contribution is 9.10. The number of aromatic nitrogens is 4. The first-order chi connectivity index (χ1) is 22.9. The molecule has 16 heteroatoms. The number of piperidine rings is 2. The van der Waals surface area contributed by atoms with Crippen LogP contribution in [0, 0.1) is 0 Å². The van der Waals surface area contributed by atoms with E-state index in [9.17, 15) is 30.0 Å².